The van der Waals surface area contributed by atoms with Gasteiger partial charge in [0.25, 0.3) is 0 Å². The number of hydrogen-bond donors (Lipinski definition) is 0. The first-order valence-corrected chi connectivity index (χ1v) is 5.55. The van der Waals surface area contributed by atoms with Gasteiger partial charge >= 0.3 is 0 Å². The molecule has 0 aromatic rings. The van der Waals surface area contributed by atoms with Crippen LogP contribution in [-0.2, 0) is 9.59 Å². The number of carbonyl (C=O) groups is 2. The maximum atomic E-state index is 11.3. The van der Waals surface area contributed by atoms with Crippen LogP contribution in [0.25, 0.3) is 0 Å². The molecule has 0 aromatic heterocycles. The fourth-order valence-corrected chi connectivity index (χ4v) is 2.48. The van der Waals surface area contributed by atoms with Crippen LogP contribution in [-0.4, -0.2) is 29.7 Å². The highest BCUT2D eigenvalue weighted by Gasteiger charge is 2.27. The minimum Gasteiger partial charge on any atom is -0.335 e. The summed E-state index contributed by atoms with van der Waals surface area (Å²) in [5.41, 5.74) is 0. The monoisotopic (exact) mass is 195 g/mol. The van der Waals surface area contributed by atoms with Crippen molar-refractivity contribution in [2.45, 2.75) is 38.5 Å². The Morgan fingerprint density at radius 2 is 1.93 bits per heavy atom. The van der Waals surface area contributed by atoms with Gasteiger partial charge in [0.2, 0.25) is 5.91 Å². The third kappa shape index (κ3) is 2.14. The molecular formula is C11H17NO2. The molecule has 1 aliphatic heterocycles. The van der Waals surface area contributed by atoms with E-state index in [4.69, 9.17) is 0 Å². The van der Waals surface area contributed by atoms with Gasteiger partial charge < -0.3 is 4.90 Å². The summed E-state index contributed by atoms with van der Waals surface area (Å²) in [4.78, 5) is 24.0. The lowest BCUT2D eigenvalue weighted by atomic mass is 10.0. The summed E-state index contributed by atoms with van der Waals surface area (Å²) in [5.74, 6) is 0.924. The lowest BCUT2D eigenvalue weighted by Crippen LogP contribution is -2.27. The summed E-state index contributed by atoms with van der Waals surface area (Å²) in [6.45, 7) is 1.17. The minimum atomic E-state index is 0.0352. The molecule has 3 heteroatoms. The topological polar surface area (TPSA) is 37.4 Å². The molecule has 1 amide bonds. The Morgan fingerprint density at radius 3 is 2.50 bits per heavy atom. The van der Waals surface area contributed by atoms with Crippen molar-refractivity contribution in [1.82, 2.24) is 4.90 Å². The third-order valence-corrected chi connectivity index (χ3v) is 3.35. The van der Waals surface area contributed by atoms with Crippen molar-refractivity contribution in [3.05, 3.63) is 0 Å². The molecule has 0 bridgehead atoms. The Balaban J connectivity index is 1.74. The predicted octanol–water partition coefficient (Wildman–Crippen LogP) is 1.37. The molecule has 3 nitrogen and oxygen atoms in total. The normalized spacial score (nSPS) is 23.9. The zero-order valence-corrected chi connectivity index (χ0v) is 8.50. The van der Waals surface area contributed by atoms with E-state index in [1.54, 1.807) is 4.90 Å². The Morgan fingerprint density at radius 1 is 1.21 bits per heavy atom. The number of rotatable bonds is 3. The van der Waals surface area contributed by atoms with Gasteiger partial charge in [-0.3, -0.25) is 9.59 Å². The number of ketones is 1. The van der Waals surface area contributed by atoms with Crippen molar-refractivity contribution >= 4 is 11.7 Å². The first-order valence-electron chi connectivity index (χ1n) is 5.55. The highest BCUT2D eigenvalue weighted by atomic mass is 16.2. The summed E-state index contributed by atoms with van der Waals surface area (Å²) < 4.78 is 0. The van der Waals surface area contributed by atoms with E-state index in [0.717, 1.165) is 18.9 Å². The zero-order chi connectivity index (χ0) is 9.97. The molecule has 78 valence electrons. The molecule has 0 N–H and O–H groups in total. The van der Waals surface area contributed by atoms with Gasteiger partial charge in [0, 0.05) is 6.54 Å². The van der Waals surface area contributed by atoms with Gasteiger partial charge in [-0.2, -0.15) is 0 Å². The van der Waals surface area contributed by atoms with E-state index in [1.807, 2.05) is 0 Å². The second-order valence-electron chi connectivity index (χ2n) is 4.47. The number of Topliss-reactive ketones (excluding diaryl/α,β-unsaturated/α-hetero) is 1. The molecule has 0 spiro atoms. The molecule has 2 rings (SSSR count). The molecule has 1 heterocycles. The fraction of sp³-hybridized carbons (Fsp3) is 0.818. The van der Waals surface area contributed by atoms with Gasteiger partial charge in [0.15, 0.2) is 5.78 Å². The average molecular weight is 195 g/mol. The van der Waals surface area contributed by atoms with E-state index >= 15 is 0 Å². The molecule has 0 atom stereocenters. The van der Waals surface area contributed by atoms with E-state index in [2.05, 4.69) is 0 Å². The largest absolute Gasteiger partial charge is 0.335 e. The van der Waals surface area contributed by atoms with Gasteiger partial charge in [-0.1, -0.05) is 25.7 Å². The van der Waals surface area contributed by atoms with Crippen LogP contribution < -0.4 is 0 Å². The van der Waals surface area contributed by atoms with Gasteiger partial charge in [-0.25, -0.2) is 0 Å². The number of nitrogens with zero attached hydrogens (tertiary/aromatic N) is 1. The van der Waals surface area contributed by atoms with E-state index in [-0.39, 0.29) is 18.1 Å². The SMILES string of the molecule is O=C1CC(=O)N(CCC2CCCC2)C1. The van der Waals surface area contributed by atoms with Gasteiger partial charge in [-0.15, -0.1) is 0 Å². The average Bonchev–Trinajstić information content (AvgIpc) is 2.72. The van der Waals surface area contributed by atoms with E-state index < -0.39 is 0 Å². The van der Waals surface area contributed by atoms with Gasteiger partial charge in [0.1, 0.15) is 0 Å². The van der Waals surface area contributed by atoms with Crippen molar-refractivity contribution in [3.8, 4) is 0 Å². The Kier molecular flexibility index (Phi) is 2.85. The van der Waals surface area contributed by atoms with Crippen LogP contribution in [0, 0.1) is 5.92 Å². The van der Waals surface area contributed by atoms with Crippen molar-refractivity contribution in [3.63, 3.8) is 0 Å². The van der Waals surface area contributed by atoms with Crippen molar-refractivity contribution < 1.29 is 9.59 Å². The van der Waals surface area contributed by atoms with Crippen LogP contribution in [0.15, 0.2) is 0 Å². The third-order valence-electron chi connectivity index (χ3n) is 3.35. The summed E-state index contributed by atoms with van der Waals surface area (Å²) >= 11 is 0. The van der Waals surface area contributed by atoms with Crippen molar-refractivity contribution in [1.29, 1.82) is 0 Å². The van der Waals surface area contributed by atoms with Crippen molar-refractivity contribution in [2.75, 3.05) is 13.1 Å². The Bertz CT molecular complexity index is 244. The highest BCUT2D eigenvalue weighted by molar-refractivity contribution is 6.05. The maximum absolute atomic E-state index is 11.3. The quantitative estimate of drug-likeness (QED) is 0.638. The smallest absolute Gasteiger partial charge is 0.230 e. The van der Waals surface area contributed by atoms with Crippen LogP contribution >= 0.6 is 0 Å². The van der Waals surface area contributed by atoms with Crippen LogP contribution in [0.3, 0.4) is 0 Å². The summed E-state index contributed by atoms with van der Waals surface area (Å²) in [7, 11) is 0. The van der Waals surface area contributed by atoms with Crippen LogP contribution in [0.2, 0.25) is 0 Å². The van der Waals surface area contributed by atoms with Gasteiger partial charge in [0.05, 0.1) is 13.0 Å². The summed E-state index contributed by atoms with van der Waals surface area (Å²) in [6, 6.07) is 0. The molecule has 0 unspecified atom stereocenters. The number of amides is 1. The highest BCUT2D eigenvalue weighted by Crippen LogP contribution is 2.27. The fourth-order valence-electron chi connectivity index (χ4n) is 2.48. The number of carbonyl (C=O) groups excluding carboxylic acids is 2. The molecule has 1 saturated carbocycles. The number of likely N-dealkylation sites (tertiary alicyclic amines) is 1. The first kappa shape index (κ1) is 9.69. The molecule has 1 aliphatic carbocycles. The van der Waals surface area contributed by atoms with E-state index in [9.17, 15) is 9.59 Å². The Hall–Kier alpha value is -0.860. The molecule has 14 heavy (non-hydrogen) atoms. The van der Waals surface area contributed by atoms with Crippen LogP contribution in [0.4, 0.5) is 0 Å². The molecule has 1 saturated heterocycles. The zero-order valence-electron chi connectivity index (χ0n) is 8.50. The summed E-state index contributed by atoms with van der Waals surface area (Å²) in [5, 5.41) is 0. The van der Waals surface area contributed by atoms with E-state index in [0.29, 0.717) is 6.54 Å². The minimum absolute atomic E-state index is 0.0352. The lowest BCUT2D eigenvalue weighted by Gasteiger charge is -2.16. The molecular weight excluding hydrogens is 178 g/mol. The predicted molar refractivity (Wildman–Crippen MR) is 52.8 cm³/mol. The van der Waals surface area contributed by atoms with Crippen LogP contribution in [0.1, 0.15) is 38.5 Å². The number of hydrogen-bond acceptors (Lipinski definition) is 2. The summed E-state index contributed by atoms with van der Waals surface area (Å²) in [6.07, 6.45) is 6.56. The second-order valence-corrected chi connectivity index (χ2v) is 4.47. The second kappa shape index (κ2) is 4.11. The molecule has 0 radical (unpaired) electrons. The van der Waals surface area contributed by atoms with Gasteiger partial charge in [-0.05, 0) is 12.3 Å². The molecule has 0 aromatic carbocycles. The first-order chi connectivity index (χ1) is 6.75. The molecule has 2 fully saturated rings. The van der Waals surface area contributed by atoms with E-state index in [1.165, 1.54) is 25.7 Å². The lowest BCUT2D eigenvalue weighted by molar-refractivity contribution is -0.128. The Labute approximate surface area is 84.5 Å². The standard InChI is InChI=1S/C11H17NO2/c13-10-7-11(14)12(8-10)6-5-9-3-1-2-4-9/h9H,1-8H2. The van der Waals surface area contributed by atoms with Crippen LogP contribution in [0.5, 0.6) is 0 Å². The maximum Gasteiger partial charge on any atom is 0.230 e. The molecule has 2 aliphatic rings. The van der Waals surface area contributed by atoms with Crippen molar-refractivity contribution in [2.24, 2.45) is 5.92 Å².